The Morgan fingerprint density at radius 1 is 1.29 bits per heavy atom. The quantitative estimate of drug-likeness (QED) is 0.848. The van der Waals surface area contributed by atoms with Crippen LogP contribution in [0, 0.1) is 20.8 Å². The van der Waals surface area contributed by atoms with Crippen LogP contribution >= 0.6 is 0 Å². The molecular weight excluding hydrogens is 220 g/mol. The SMILES string of the molecule is Cc1noc(C)c1Cn1nnc(CCO)c1C. The van der Waals surface area contributed by atoms with E-state index in [0.717, 1.165) is 28.4 Å². The van der Waals surface area contributed by atoms with Crippen LogP contribution in [-0.4, -0.2) is 31.9 Å². The molecule has 6 heteroatoms. The molecule has 0 radical (unpaired) electrons. The number of nitrogens with zero attached hydrogens (tertiary/aromatic N) is 4. The van der Waals surface area contributed by atoms with E-state index in [4.69, 9.17) is 9.63 Å². The van der Waals surface area contributed by atoms with Gasteiger partial charge in [-0.05, 0) is 20.8 Å². The van der Waals surface area contributed by atoms with Crippen LogP contribution in [0.1, 0.15) is 28.4 Å². The molecular formula is C11H16N4O2. The molecule has 0 spiro atoms. The van der Waals surface area contributed by atoms with Gasteiger partial charge in [0.05, 0.1) is 23.6 Å². The maximum Gasteiger partial charge on any atom is 0.138 e. The Labute approximate surface area is 99.2 Å². The van der Waals surface area contributed by atoms with Gasteiger partial charge in [-0.2, -0.15) is 0 Å². The van der Waals surface area contributed by atoms with Crippen molar-refractivity contribution in [2.24, 2.45) is 0 Å². The predicted octanol–water partition coefficient (Wildman–Crippen LogP) is 0.774. The van der Waals surface area contributed by atoms with Crippen LogP contribution < -0.4 is 0 Å². The molecule has 0 aliphatic carbocycles. The van der Waals surface area contributed by atoms with Crippen molar-refractivity contribution in [2.45, 2.75) is 33.7 Å². The first-order valence-corrected chi connectivity index (χ1v) is 5.55. The van der Waals surface area contributed by atoms with E-state index in [-0.39, 0.29) is 6.61 Å². The highest BCUT2D eigenvalue weighted by Crippen LogP contribution is 2.15. The molecule has 0 saturated heterocycles. The molecule has 0 atom stereocenters. The summed E-state index contributed by atoms with van der Waals surface area (Å²) in [6.45, 7) is 6.43. The molecule has 92 valence electrons. The van der Waals surface area contributed by atoms with Gasteiger partial charge in [-0.15, -0.1) is 5.10 Å². The molecule has 0 bridgehead atoms. The fourth-order valence-electron chi connectivity index (χ4n) is 1.76. The van der Waals surface area contributed by atoms with Gasteiger partial charge in [0.25, 0.3) is 0 Å². The van der Waals surface area contributed by atoms with E-state index in [1.165, 1.54) is 0 Å². The van der Waals surface area contributed by atoms with Crippen molar-refractivity contribution in [2.75, 3.05) is 6.61 Å². The summed E-state index contributed by atoms with van der Waals surface area (Å²) in [5, 5.41) is 20.9. The predicted molar refractivity (Wildman–Crippen MR) is 60.6 cm³/mol. The summed E-state index contributed by atoms with van der Waals surface area (Å²) in [6.07, 6.45) is 0.535. The van der Waals surface area contributed by atoms with Crippen LogP contribution in [0.5, 0.6) is 0 Å². The Morgan fingerprint density at radius 2 is 2.06 bits per heavy atom. The van der Waals surface area contributed by atoms with Crippen molar-refractivity contribution >= 4 is 0 Å². The molecule has 17 heavy (non-hydrogen) atoms. The molecule has 0 aliphatic heterocycles. The molecule has 2 aromatic rings. The largest absolute Gasteiger partial charge is 0.396 e. The van der Waals surface area contributed by atoms with Crippen molar-refractivity contribution in [1.82, 2.24) is 20.2 Å². The Bertz CT molecular complexity index is 496. The molecule has 0 fully saturated rings. The van der Waals surface area contributed by atoms with Crippen LogP contribution in [0.25, 0.3) is 0 Å². The lowest BCUT2D eigenvalue weighted by Crippen LogP contribution is -2.06. The van der Waals surface area contributed by atoms with E-state index in [9.17, 15) is 0 Å². The van der Waals surface area contributed by atoms with Crippen molar-refractivity contribution in [3.63, 3.8) is 0 Å². The summed E-state index contributed by atoms with van der Waals surface area (Å²) in [5.74, 6) is 0.807. The number of hydrogen-bond donors (Lipinski definition) is 1. The number of hydrogen-bond acceptors (Lipinski definition) is 5. The van der Waals surface area contributed by atoms with Gasteiger partial charge in [-0.1, -0.05) is 10.4 Å². The fraction of sp³-hybridized carbons (Fsp3) is 0.545. The van der Waals surface area contributed by atoms with Crippen LogP contribution in [0.2, 0.25) is 0 Å². The van der Waals surface area contributed by atoms with E-state index >= 15 is 0 Å². The molecule has 2 aromatic heterocycles. The average Bonchev–Trinajstić information content (AvgIpc) is 2.80. The lowest BCUT2D eigenvalue weighted by atomic mass is 10.2. The Hall–Kier alpha value is -1.69. The zero-order valence-electron chi connectivity index (χ0n) is 10.3. The number of aliphatic hydroxyl groups excluding tert-OH is 1. The topological polar surface area (TPSA) is 77.0 Å². The maximum absolute atomic E-state index is 8.90. The first-order chi connectivity index (χ1) is 8.13. The van der Waals surface area contributed by atoms with Crippen molar-refractivity contribution in [3.8, 4) is 0 Å². The monoisotopic (exact) mass is 236 g/mol. The summed E-state index contributed by atoms with van der Waals surface area (Å²) >= 11 is 0. The standard InChI is InChI=1S/C11H16N4O2/c1-7-10(9(3)17-13-7)6-15-8(2)11(4-5-16)12-14-15/h16H,4-6H2,1-3H3. The average molecular weight is 236 g/mol. The Morgan fingerprint density at radius 3 is 2.65 bits per heavy atom. The number of aromatic nitrogens is 4. The fourth-order valence-corrected chi connectivity index (χ4v) is 1.76. The lowest BCUT2D eigenvalue weighted by molar-refractivity contribution is 0.298. The van der Waals surface area contributed by atoms with Crippen LogP contribution in [0.3, 0.4) is 0 Å². The minimum absolute atomic E-state index is 0.0881. The first-order valence-electron chi connectivity index (χ1n) is 5.55. The first kappa shape index (κ1) is 11.8. The van der Waals surface area contributed by atoms with E-state index in [1.807, 2.05) is 20.8 Å². The van der Waals surface area contributed by atoms with Crippen LogP contribution in [-0.2, 0) is 13.0 Å². The van der Waals surface area contributed by atoms with Gasteiger partial charge in [-0.3, -0.25) is 0 Å². The third kappa shape index (κ3) is 2.21. The zero-order valence-corrected chi connectivity index (χ0v) is 10.3. The molecule has 1 N–H and O–H groups in total. The number of rotatable bonds is 4. The Kier molecular flexibility index (Phi) is 3.23. The number of aliphatic hydroxyl groups is 1. The molecule has 0 aromatic carbocycles. The smallest absolute Gasteiger partial charge is 0.138 e. The van der Waals surface area contributed by atoms with Gasteiger partial charge < -0.3 is 9.63 Å². The lowest BCUT2D eigenvalue weighted by Gasteiger charge is -2.03. The molecule has 0 aliphatic rings. The van der Waals surface area contributed by atoms with Gasteiger partial charge in [0.15, 0.2) is 0 Å². The molecule has 0 saturated carbocycles. The Balaban J connectivity index is 2.25. The highest BCUT2D eigenvalue weighted by atomic mass is 16.5. The minimum atomic E-state index is 0.0881. The van der Waals surface area contributed by atoms with E-state index in [0.29, 0.717) is 13.0 Å². The maximum atomic E-state index is 8.90. The van der Waals surface area contributed by atoms with Crippen molar-refractivity contribution in [3.05, 3.63) is 28.4 Å². The third-order valence-corrected chi connectivity index (χ3v) is 2.92. The van der Waals surface area contributed by atoms with Crippen LogP contribution in [0.4, 0.5) is 0 Å². The second-order valence-electron chi connectivity index (χ2n) is 4.06. The highest BCUT2D eigenvalue weighted by Gasteiger charge is 2.13. The minimum Gasteiger partial charge on any atom is -0.396 e. The molecule has 0 unspecified atom stereocenters. The summed E-state index contributed by atoms with van der Waals surface area (Å²) in [5.41, 5.74) is 3.72. The van der Waals surface area contributed by atoms with Gasteiger partial charge in [0.2, 0.25) is 0 Å². The second-order valence-corrected chi connectivity index (χ2v) is 4.06. The molecule has 2 rings (SSSR count). The summed E-state index contributed by atoms with van der Waals surface area (Å²) in [6, 6.07) is 0. The van der Waals surface area contributed by atoms with Gasteiger partial charge in [-0.25, -0.2) is 4.68 Å². The van der Waals surface area contributed by atoms with Gasteiger partial charge in [0.1, 0.15) is 5.76 Å². The molecule has 6 nitrogen and oxygen atoms in total. The summed E-state index contributed by atoms with van der Waals surface area (Å²) in [4.78, 5) is 0. The van der Waals surface area contributed by atoms with Crippen molar-refractivity contribution < 1.29 is 9.63 Å². The third-order valence-electron chi connectivity index (χ3n) is 2.92. The molecule has 0 amide bonds. The van der Waals surface area contributed by atoms with E-state index in [1.54, 1.807) is 4.68 Å². The number of aryl methyl sites for hydroxylation is 2. The second kappa shape index (κ2) is 4.67. The highest BCUT2D eigenvalue weighted by molar-refractivity contribution is 5.22. The van der Waals surface area contributed by atoms with Crippen molar-refractivity contribution in [1.29, 1.82) is 0 Å². The van der Waals surface area contributed by atoms with Crippen LogP contribution in [0.15, 0.2) is 4.52 Å². The summed E-state index contributed by atoms with van der Waals surface area (Å²) < 4.78 is 6.91. The van der Waals surface area contributed by atoms with E-state index in [2.05, 4.69) is 15.5 Å². The summed E-state index contributed by atoms with van der Waals surface area (Å²) in [7, 11) is 0. The zero-order chi connectivity index (χ0) is 12.4. The van der Waals surface area contributed by atoms with E-state index < -0.39 is 0 Å². The normalized spacial score (nSPS) is 11.1. The van der Waals surface area contributed by atoms with Gasteiger partial charge in [0, 0.05) is 18.6 Å². The van der Waals surface area contributed by atoms with Gasteiger partial charge >= 0.3 is 0 Å². The molecule has 2 heterocycles.